The minimum Gasteiger partial charge on any atom is -0.545 e. The van der Waals surface area contributed by atoms with Crippen molar-refractivity contribution in [3.63, 3.8) is 0 Å². The van der Waals surface area contributed by atoms with E-state index in [0.29, 0.717) is 0 Å². The van der Waals surface area contributed by atoms with Crippen LogP contribution in [0.1, 0.15) is 0 Å². The fraction of sp³-hybridized carbons (Fsp3) is 0. The van der Waals surface area contributed by atoms with Crippen molar-refractivity contribution in [2.24, 2.45) is 0 Å². The fourth-order valence-corrected chi connectivity index (χ4v) is 14.7. The van der Waals surface area contributed by atoms with Gasteiger partial charge in [0.25, 0.3) is 0 Å². The summed E-state index contributed by atoms with van der Waals surface area (Å²) in [5, 5.41) is 12.9. The van der Waals surface area contributed by atoms with Crippen molar-refractivity contribution in [1.82, 2.24) is 0 Å². The molecule has 0 bridgehead atoms. The molecule has 0 unspecified atom stereocenters. The quantitative estimate of drug-likeness (QED) is 0.0612. The van der Waals surface area contributed by atoms with Crippen LogP contribution in [0.5, 0.6) is 0 Å². The van der Waals surface area contributed by atoms with Crippen molar-refractivity contribution >= 4 is 78.3 Å². The summed E-state index contributed by atoms with van der Waals surface area (Å²) in [6, 6.07) is 97.5. The van der Waals surface area contributed by atoms with E-state index in [1.807, 2.05) is 0 Å². The Morgan fingerprint density at radius 1 is 0.183 bits per heavy atom. The average Bonchev–Trinajstić information content (AvgIpc) is 3.34. The Balaban J connectivity index is 0.000000166. The van der Waals surface area contributed by atoms with Gasteiger partial charge in [0.05, 0.1) is 23.8 Å². The van der Waals surface area contributed by atoms with Gasteiger partial charge in [-0.3, -0.25) is 6.79 Å². The largest absolute Gasteiger partial charge is 1.00 e. The maximum Gasteiger partial charge on any atom is 1.00 e. The van der Waals surface area contributed by atoms with Crippen molar-refractivity contribution in [3.8, 4) is 0 Å². The van der Waals surface area contributed by atoms with E-state index in [1.54, 1.807) is 0 Å². The predicted octanol–water partition coefficient (Wildman–Crippen LogP) is 9.25. The molecule has 5 heteroatoms. The predicted molar refractivity (Wildman–Crippen MR) is 266 cm³/mol. The van der Waals surface area contributed by atoms with E-state index in [0.717, 1.165) is 0 Å². The molecule has 0 saturated heterocycles. The third kappa shape index (κ3) is 13.3. The van der Waals surface area contributed by atoms with E-state index in [2.05, 4.69) is 280 Å². The van der Waals surface area contributed by atoms with Gasteiger partial charge in [-0.15, -0.1) is 0 Å². The first kappa shape index (κ1) is 45.6. The van der Waals surface area contributed by atoms with Crippen molar-refractivity contribution in [1.29, 1.82) is 0 Å². The Kier molecular flexibility index (Phi) is 19.7. The first-order valence-electron chi connectivity index (χ1n) is 19.7. The summed E-state index contributed by atoms with van der Waals surface area (Å²) in [7, 11) is -2.63. The van der Waals surface area contributed by atoms with Gasteiger partial charge in [-0.1, -0.05) is 164 Å². The molecule has 9 aromatic carbocycles. The first-order chi connectivity index (χ1) is 29.3. The molecule has 9 rings (SSSR count). The molecule has 0 aliphatic carbocycles. The molecule has 60 heavy (non-hydrogen) atoms. The molecule has 1 nitrogen and oxygen atoms in total. The maximum atomic E-state index is 7.75. The standard InChI is InChI=1S/3C18H15P.CHO.Ru/c3*1-4-10-16(11-5-1)19(17-12-6-2-7-13-17)18-14-8-3-9-15-18;1-2;/h3*1-15H;1H;/q;;;-1;+1/p+3. The van der Waals surface area contributed by atoms with Gasteiger partial charge in [-0.25, -0.2) is 0 Å². The Morgan fingerprint density at radius 3 is 0.350 bits per heavy atom. The third-order valence-corrected chi connectivity index (χ3v) is 17.8. The van der Waals surface area contributed by atoms with Crippen LogP contribution in [0.4, 0.5) is 0 Å². The van der Waals surface area contributed by atoms with Crippen LogP contribution in [0, 0.1) is 0 Å². The van der Waals surface area contributed by atoms with Gasteiger partial charge < -0.3 is 4.79 Å². The average molecular weight is 920 g/mol. The van der Waals surface area contributed by atoms with E-state index >= 15 is 0 Å². The molecule has 0 saturated carbocycles. The van der Waals surface area contributed by atoms with E-state index in [-0.39, 0.29) is 19.5 Å². The molecule has 9 aromatic rings. The number of rotatable bonds is 9. The molecule has 0 amide bonds. The van der Waals surface area contributed by atoms with Crippen LogP contribution in [-0.4, -0.2) is 6.79 Å². The first-order valence-corrected chi connectivity index (χ1v) is 24.2. The topological polar surface area (TPSA) is 17.1 Å². The van der Waals surface area contributed by atoms with Crippen LogP contribution >= 0.6 is 23.8 Å². The van der Waals surface area contributed by atoms with Crippen LogP contribution in [0.25, 0.3) is 0 Å². The van der Waals surface area contributed by atoms with Gasteiger partial charge in [-0.05, 0) is 109 Å². The van der Waals surface area contributed by atoms with Crippen LogP contribution in [0.2, 0.25) is 0 Å². The van der Waals surface area contributed by atoms with Gasteiger partial charge >= 0.3 is 19.5 Å². The molecule has 0 atom stereocenters. The Hall–Kier alpha value is -5.44. The number of hydrogen-bond acceptors (Lipinski definition) is 1. The van der Waals surface area contributed by atoms with Crippen LogP contribution in [0.15, 0.2) is 273 Å². The zero-order chi connectivity index (χ0) is 40.7. The van der Waals surface area contributed by atoms with Crippen molar-refractivity contribution in [3.05, 3.63) is 273 Å². The summed E-state index contributed by atoms with van der Waals surface area (Å²) < 4.78 is 0. The summed E-state index contributed by atoms with van der Waals surface area (Å²) in [6.45, 7) is 3.25. The zero-order valence-electron chi connectivity index (χ0n) is 33.3. The monoisotopic (exact) mass is 920 g/mol. The second kappa shape index (κ2) is 25.9. The molecule has 0 N–H and O–H groups in total. The zero-order valence-corrected chi connectivity index (χ0v) is 38.1. The second-order valence-corrected chi connectivity index (χ2v) is 20.9. The van der Waals surface area contributed by atoms with Crippen LogP contribution in [0.3, 0.4) is 0 Å². The third-order valence-electron chi connectivity index (χ3n) is 9.56. The Morgan fingerprint density at radius 2 is 0.267 bits per heavy atom. The molecule has 0 aliphatic heterocycles. The number of benzene rings is 9. The van der Waals surface area contributed by atoms with E-state index in [9.17, 15) is 0 Å². The summed E-state index contributed by atoms with van der Waals surface area (Å²) in [4.78, 5) is 7.75. The molecule has 295 valence electrons. The van der Waals surface area contributed by atoms with Gasteiger partial charge in [0, 0.05) is 0 Å². The minimum atomic E-state index is -0.877. The van der Waals surface area contributed by atoms with E-state index < -0.39 is 23.8 Å². The van der Waals surface area contributed by atoms with Gasteiger partial charge in [0.15, 0.2) is 0 Å². The van der Waals surface area contributed by atoms with Crippen LogP contribution in [-0.2, 0) is 24.3 Å². The van der Waals surface area contributed by atoms with Crippen molar-refractivity contribution in [2.45, 2.75) is 0 Å². The van der Waals surface area contributed by atoms with Gasteiger partial charge in [0.2, 0.25) is 0 Å². The number of hydrogen-bond donors (Lipinski definition) is 0. The SMILES string of the molecule is [CH-]=O.[Ru+].c1ccc([PH+](c2ccccc2)c2ccccc2)cc1.c1ccc([PH+](c2ccccc2)c2ccccc2)cc1.c1ccc([PH+](c2ccccc2)c2ccccc2)cc1. The number of carbonyl (C=O) groups excluding carboxylic acids is 1. The molecular weight excluding hydrogens is 871 g/mol. The molecule has 0 aliphatic rings. The van der Waals surface area contributed by atoms with Gasteiger partial charge in [0.1, 0.15) is 47.7 Å². The van der Waals surface area contributed by atoms with E-state index in [1.165, 1.54) is 47.7 Å². The Bertz CT molecular complexity index is 1890. The molecule has 0 fully saturated rings. The summed E-state index contributed by atoms with van der Waals surface area (Å²) in [5.41, 5.74) is 0. The molecule has 0 heterocycles. The van der Waals surface area contributed by atoms with Crippen molar-refractivity contribution in [2.75, 3.05) is 0 Å². The molecule has 0 aromatic heterocycles. The summed E-state index contributed by atoms with van der Waals surface area (Å²) >= 11 is 0. The van der Waals surface area contributed by atoms with Crippen molar-refractivity contribution < 1.29 is 24.3 Å². The summed E-state index contributed by atoms with van der Waals surface area (Å²) in [6.07, 6.45) is 0. The normalized spacial score (nSPS) is 10.1. The smallest absolute Gasteiger partial charge is 0.545 e. The fourth-order valence-electron chi connectivity index (χ4n) is 6.94. The van der Waals surface area contributed by atoms with E-state index in [4.69, 9.17) is 4.79 Å². The summed E-state index contributed by atoms with van der Waals surface area (Å²) in [5.74, 6) is 0. The van der Waals surface area contributed by atoms with Crippen LogP contribution < -0.4 is 47.7 Å². The minimum absolute atomic E-state index is 0. The molecular formula is C55H49OP3Ru+3. The Labute approximate surface area is 373 Å². The molecule has 1 radical (unpaired) electrons. The second-order valence-electron chi connectivity index (χ2n) is 13.4. The van der Waals surface area contributed by atoms with Gasteiger partial charge in [-0.2, -0.15) is 0 Å². The maximum absolute atomic E-state index is 7.75. The molecule has 0 spiro atoms.